The minimum Gasteiger partial charge on any atom is -0.479 e. The third-order valence-corrected chi connectivity index (χ3v) is 8.29. The first-order valence-corrected chi connectivity index (χ1v) is 14.1. The lowest BCUT2D eigenvalue weighted by Gasteiger charge is -2.30. The summed E-state index contributed by atoms with van der Waals surface area (Å²) in [5.41, 5.74) is 3.30. The number of nitrogens with two attached hydrogens (primary N) is 2. The molecule has 0 aromatic heterocycles. The van der Waals surface area contributed by atoms with Crippen LogP contribution in [0.3, 0.4) is 0 Å². The molecule has 0 heterocycles. The number of hydrazine groups is 1. The maximum Gasteiger partial charge on any atom is 0.416 e. The number of alkyl halides is 3. The fraction of sp³-hybridized carbons (Fsp3) is 0.407. The number of hydrogen-bond donors (Lipinski definition) is 3. The number of sulfonamides is 1. The van der Waals surface area contributed by atoms with Gasteiger partial charge in [-0.25, -0.2) is 28.2 Å². The third kappa shape index (κ3) is 7.14. The molecule has 2 aromatic rings. The number of nitrogens with zero attached hydrogens (tertiary/aromatic N) is 3. The minimum absolute atomic E-state index is 0.00710. The summed E-state index contributed by atoms with van der Waals surface area (Å²) in [6.45, 7) is 4.59. The highest BCUT2D eigenvalue weighted by molar-refractivity contribution is 7.89. The molecule has 15 heteroatoms. The molecule has 0 aliphatic heterocycles. The van der Waals surface area contributed by atoms with Crippen LogP contribution in [0.4, 0.5) is 23.7 Å². The van der Waals surface area contributed by atoms with Crippen LogP contribution in [-0.4, -0.2) is 60.1 Å². The normalized spacial score (nSPS) is 15.3. The zero-order valence-corrected chi connectivity index (χ0v) is 24.6. The number of aliphatic carboxylic acids is 1. The summed E-state index contributed by atoms with van der Waals surface area (Å²) in [4.78, 5) is 26.1. The maximum absolute atomic E-state index is 13.5. The molecule has 0 atom stereocenters. The van der Waals surface area contributed by atoms with Crippen LogP contribution in [-0.2, 0) is 32.3 Å². The van der Waals surface area contributed by atoms with Gasteiger partial charge in [0.05, 0.1) is 28.4 Å². The number of halogens is 3. The first-order chi connectivity index (χ1) is 19.2. The van der Waals surface area contributed by atoms with Crippen molar-refractivity contribution >= 4 is 33.5 Å². The molecule has 0 radical (unpaired) electrons. The van der Waals surface area contributed by atoms with Gasteiger partial charge in [0.25, 0.3) is 0 Å². The van der Waals surface area contributed by atoms with Crippen LogP contribution in [0.5, 0.6) is 0 Å². The highest BCUT2D eigenvalue weighted by Crippen LogP contribution is 2.41. The van der Waals surface area contributed by atoms with Crippen molar-refractivity contribution in [1.82, 2.24) is 9.31 Å². The van der Waals surface area contributed by atoms with Crippen molar-refractivity contribution in [2.45, 2.75) is 62.4 Å². The first-order valence-electron chi connectivity index (χ1n) is 12.7. The Balaban J connectivity index is 2.20. The summed E-state index contributed by atoms with van der Waals surface area (Å²) in [5, 5.41) is 10.5. The Kier molecular flexibility index (Phi) is 8.92. The number of benzene rings is 2. The third-order valence-electron chi connectivity index (χ3n) is 6.48. The van der Waals surface area contributed by atoms with Crippen molar-refractivity contribution in [1.29, 1.82) is 0 Å². The van der Waals surface area contributed by atoms with Crippen LogP contribution in [0.25, 0.3) is 5.70 Å². The molecule has 42 heavy (non-hydrogen) atoms. The van der Waals surface area contributed by atoms with Crippen LogP contribution in [0.15, 0.2) is 53.6 Å². The van der Waals surface area contributed by atoms with E-state index in [0.717, 1.165) is 32.5 Å². The number of rotatable bonds is 9. The van der Waals surface area contributed by atoms with Crippen LogP contribution in [0.2, 0.25) is 0 Å². The van der Waals surface area contributed by atoms with E-state index < -0.39 is 45.0 Å². The summed E-state index contributed by atoms with van der Waals surface area (Å²) in [6, 6.07) is 7.91. The Morgan fingerprint density at radius 3 is 2.10 bits per heavy atom. The van der Waals surface area contributed by atoms with Gasteiger partial charge in [0, 0.05) is 25.9 Å². The molecule has 1 fully saturated rings. The van der Waals surface area contributed by atoms with E-state index in [1.54, 1.807) is 20.8 Å². The Labute approximate surface area is 242 Å². The van der Waals surface area contributed by atoms with Gasteiger partial charge >= 0.3 is 18.2 Å². The van der Waals surface area contributed by atoms with E-state index in [9.17, 15) is 36.3 Å². The molecular weight excluding hydrogens is 579 g/mol. The van der Waals surface area contributed by atoms with E-state index >= 15 is 0 Å². The fourth-order valence-electron chi connectivity index (χ4n) is 3.94. The van der Waals surface area contributed by atoms with Crippen molar-refractivity contribution in [2.75, 3.05) is 19.0 Å². The monoisotopic (exact) mass is 613 g/mol. The highest BCUT2D eigenvalue weighted by Gasteiger charge is 2.54. The predicted octanol–water partition coefficient (Wildman–Crippen LogP) is 3.95. The van der Waals surface area contributed by atoms with E-state index in [1.807, 2.05) is 0 Å². The number of ether oxygens (including phenoxy) is 1. The predicted molar refractivity (Wildman–Crippen MR) is 149 cm³/mol. The van der Waals surface area contributed by atoms with Gasteiger partial charge in [-0.2, -0.15) is 13.2 Å². The molecule has 0 bridgehead atoms. The zero-order chi connectivity index (χ0) is 31.8. The van der Waals surface area contributed by atoms with Gasteiger partial charge in [0.2, 0.25) is 10.0 Å². The maximum atomic E-state index is 13.5. The number of amides is 1. The standard InChI is InChI=1S/C27H34F3N5O6S/c1-25(2,3)41-24(38)34(15-17-6-8-18(9-7-17)27(28,29)30)22-11-10-19(42(39,40)33(4)5)14-20(22)21(31)16-35(32)26(12-13-26)23(36)37/h6-11,14,16H,12-13,15,31-32H2,1-5H3,(H,36,37)/b21-16-. The molecule has 3 rings (SSSR count). The number of carbonyl (C=O) groups excluding carboxylic acids is 1. The van der Waals surface area contributed by atoms with Gasteiger partial charge in [0.1, 0.15) is 5.60 Å². The van der Waals surface area contributed by atoms with E-state index in [0.29, 0.717) is 5.56 Å². The molecule has 0 saturated heterocycles. The number of carboxylic acids is 1. The summed E-state index contributed by atoms with van der Waals surface area (Å²) < 4.78 is 71.8. The summed E-state index contributed by atoms with van der Waals surface area (Å²) in [7, 11) is -1.34. The molecular formula is C27H34F3N5O6S. The molecule has 5 N–H and O–H groups in total. The van der Waals surface area contributed by atoms with Crippen molar-refractivity contribution in [3.8, 4) is 0 Å². The SMILES string of the molecule is CN(C)S(=O)(=O)c1ccc(N(Cc2ccc(C(F)(F)F)cc2)C(=O)OC(C)(C)C)c(/C(N)=C/N(N)C2(C(=O)O)CC2)c1. The largest absolute Gasteiger partial charge is 0.479 e. The molecule has 0 unspecified atom stereocenters. The van der Waals surface area contributed by atoms with Crippen LogP contribution >= 0.6 is 0 Å². The van der Waals surface area contributed by atoms with Gasteiger partial charge < -0.3 is 15.6 Å². The van der Waals surface area contributed by atoms with E-state index in [-0.39, 0.29) is 41.2 Å². The summed E-state index contributed by atoms with van der Waals surface area (Å²) in [6.07, 6.45) is -3.82. The average Bonchev–Trinajstić information content (AvgIpc) is 3.68. The second-order valence-electron chi connectivity index (χ2n) is 11.1. The van der Waals surface area contributed by atoms with Crippen molar-refractivity contribution < 1.29 is 41.0 Å². The second kappa shape index (κ2) is 11.5. The number of hydrogen-bond acceptors (Lipinski definition) is 8. The lowest BCUT2D eigenvalue weighted by atomic mass is 10.1. The van der Waals surface area contributed by atoms with Gasteiger partial charge in [-0.05, 0) is 69.5 Å². The Hall–Kier alpha value is -3.82. The molecule has 0 spiro atoms. The first kappa shape index (κ1) is 32.7. The van der Waals surface area contributed by atoms with Crippen LogP contribution in [0, 0.1) is 0 Å². The Morgan fingerprint density at radius 2 is 1.64 bits per heavy atom. The van der Waals surface area contributed by atoms with E-state index in [4.69, 9.17) is 16.3 Å². The van der Waals surface area contributed by atoms with Crippen LogP contribution in [0.1, 0.15) is 50.3 Å². The van der Waals surface area contributed by atoms with Crippen molar-refractivity contribution in [2.24, 2.45) is 11.6 Å². The lowest BCUT2D eigenvalue weighted by molar-refractivity contribution is -0.144. The lowest BCUT2D eigenvalue weighted by Crippen LogP contribution is -2.45. The highest BCUT2D eigenvalue weighted by atomic mass is 32.2. The Bertz CT molecular complexity index is 1480. The van der Waals surface area contributed by atoms with Gasteiger partial charge in [-0.1, -0.05) is 12.1 Å². The van der Waals surface area contributed by atoms with E-state index in [1.165, 1.54) is 44.4 Å². The molecule has 1 amide bonds. The zero-order valence-electron chi connectivity index (χ0n) is 23.8. The van der Waals surface area contributed by atoms with Crippen molar-refractivity contribution in [3.63, 3.8) is 0 Å². The number of carboxylic acid groups (broad SMARTS) is 1. The minimum atomic E-state index is -4.56. The average molecular weight is 614 g/mol. The quantitative estimate of drug-likeness (QED) is 0.281. The van der Waals surface area contributed by atoms with Gasteiger partial charge in [0.15, 0.2) is 5.54 Å². The molecule has 1 aliphatic rings. The Morgan fingerprint density at radius 1 is 1.07 bits per heavy atom. The number of carbonyl (C=O) groups is 2. The molecule has 1 aliphatic carbocycles. The smallest absolute Gasteiger partial charge is 0.416 e. The van der Waals surface area contributed by atoms with Crippen molar-refractivity contribution in [3.05, 3.63) is 65.4 Å². The van der Waals surface area contributed by atoms with Gasteiger partial charge in [-0.15, -0.1) is 0 Å². The molecule has 2 aromatic carbocycles. The molecule has 230 valence electrons. The van der Waals surface area contributed by atoms with E-state index in [2.05, 4.69) is 0 Å². The summed E-state index contributed by atoms with van der Waals surface area (Å²) >= 11 is 0. The number of anilines is 1. The van der Waals surface area contributed by atoms with Crippen LogP contribution < -0.4 is 16.5 Å². The second-order valence-corrected chi connectivity index (χ2v) is 13.2. The fourth-order valence-corrected chi connectivity index (χ4v) is 4.87. The molecule has 1 saturated carbocycles. The summed E-state index contributed by atoms with van der Waals surface area (Å²) in [5.74, 6) is 4.87. The topological polar surface area (TPSA) is 159 Å². The molecule has 11 nitrogen and oxygen atoms in total. The van der Waals surface area contributed by atoms with Gasteiger partial charge in [-0.3, -0.25) is 9.91 Å².